The second-order valence-electron chi connectivity index (χ2n) is 7.13. The van der Waals surface area contributed by atoms with E-state index in [9.17, 15) is 9.59 Å². The van der Waals surface area contributed by atoms with E-state index in [1.807, 2.05) is 20.8 Å². The van der Waals surface area contributed by atoms with Crippen LogP contribution in [0.15, 0.2) is 6.20 Å². The van der Waals surface area contributed by atoms with Crippen LogP contribution in [-0.4, -0.2) is 51.6 Å². The molecule has 1 aromatic heterocycles. The molecular formula is C16H21ClN4O3. The molecule has 24 heavy (non-hydrogen) atoms. The number of fused-ring (bicyclic) bond motifs is 1. The molecule has 1 fully saturated rings. The summed E-state index contributed by atoms with van der Waals surface area (Å²) in [5.74, 6) is 0.619. The summed E-state index contributed by atoms with van der Waals surface area (Å²) in [6.45, 7) is 6.65. The molecule has 0 unspecified atom stereocenters. The van der Waals surface area contributed by atoms with Crippen molar-refractivity contribution in [2.75, 3.05) is 18.0 Å². The van der Waals surface area contributed by atoms with Crippen LogP contribution in [0.1, 0.15) is 39.2 Å². The monoisotopic (exact) mass is 352 g/mol. The van der Waals surface area contributed by atoms with Crippen LogP contribution in [0.2, 0.25) is 5.28 Å². The molecule has 0 saturated carbocycles. The number of halogens is 1. The highest BCUT2D eigenvalue weighted by molar-refractivity contribution is 6.28. The van der Waals surface area contributed by atoms with Gasteiger partial charge in [0.2, 0.25) is 11.2 Å². The summed E-state index contributed by atoms with van der Waals surface area (Å²) in [6.07, 6.45) is 2.98. The van der Waals surface area contributed by atoms with Crippen molar-refractivity contribution in [2.24, 2.45) is 0 Å². The van der Waals surface area contributed by atoms with Gasteiger partial charge in [0, 0.05) is 30.9 Å². The van der Waals surface area contributed by atoms with E-state index in [0.717, 1.165) is 5.56 Å². The third kappa shape index (κ3) is 3.45. The van der Waals surface area contributed by atoms with E-state index in [1.165, 1.54) is 0 Å². The molecule has 0 radical (unpaired) electrons. The highest BCUT2D eigenvalue weighted by Crippen LogP contribution is 2.32. The summed E-state index contributed by atoms with van der Waals surface area (Å²) in [5.41, 5.74) is 0.296. The third-order valence-corrected chi connectivity index (χ3v) is 4.31. The van der Waals surface area contributed by atoms with Crippen LogP contribution in [-0.2, 0) is 16.0 Å². The Bertz CT molecular complexity index is 666. The number of anilines is 1. The molecule has 0 bridgehead atoms. The first-order valence-electron chi connectivity index (χ1n) is 8.06. The van der Waals surface area contributed by atoms with Gasteiger partial charge in [-0.1, -0.05) is 0 Å². The Morgan fingerprint density at radius 3 is 2.62 bits per heavy atom. The maximum Gasteiger partial charge on any atom is 0.410 e. The molecule has 1 aromatic rings. The van der Waals surface area contributed by atoms with Crippen molar-refractivity contribution in [1.82, 2.24) is 14.9 Å². The number of hydrogen-bond donors (Lipinski definition) is 0. The van der Waals surface area contributed by atoms with Crippen molar-refractivity contribution in [3.8, 4) is 0 Å². The van der Waals surface area contributed by atoms with Gasteiger partial charge in [0.1, 0.15) is 11.4 Å². The van der Waals surface area contributed by atoms with Gasteiger partial charge in [-0.25, -0.2) is 9.78 Å². The zero-order valence-corrected chi connectivity index (χ0v) is 14.8. The number of carbonyl (C=O) groups excluding carboxylic acids is 2. The second kappa shape index (κ2) is 6.20. The van der Waals surface area contributed by atoms with Crippen molar-refractivity contribution in [1.29, 1.82) is 0 Å². The average Bonchev–Trinajstić information content (AvgIpc) is 2.81. The first-order chi connectivity index (χ1) is 11.2. The van der Waals surface area contributed by atoms with E-state index in [2.05, 4.69) is 9.97 Å². The van der Waals surface area contributed by atoms with Gasteiger partial charge in [-0.3, -0.25) is 9.69 Å². The van der Waals surface area contributed by atoms with Gasteiger partial charge >= 0.3 is 6.09 Å². The molecule has 2 aliphatic heterocycles. The Morgan fingerprint density at radius 1 is 1.33 bits per heavy atom. The molecule has 1 saturated heterocycles. The number of carbonyl (C=O) groups is 2. The summed E-state index contributed by atoms with van der Waals surface area (Å²) < 4.78 is 5.40. The standard InChI is InChI=1S/C16H21ClN4O3/c1-16(2,3)24-15(23)20-6-4-11(5-7-20)21-12(22)8-10-9-18-14(17)19-13(10)21/h9,11H,4-8H2,1-3H3. The zero-order valence-electron chi connectivity index (χ0n) is 14.1. The molecule has 0 aliphatic carbocycles. The van der Waals surface area contributed by atoms with E-state index in [-0.39, 0.29) is 23.3 Å². The lowest BCUT2D eigenvalue weighted by atomic mass is 10.0. The fourth-order valence-electron chi connectivity index (χ4n) is 3.09. The molecule has 7 nitrogen and oxygen atoms in total. The van der Waals surface area contributed by atoms with Crippen LogP contribution < -0.4 is 4.90 Å². The Balaban J connectivity index is 1.67. The van der Waals surface area contributed by atoms with Crippen molar-refractivity contribution < 1.29 is 14.3 Å². The Morgan fingerprint density at radius 2 is 2.00 bits per heavy atom. The maximum atomic E-state index is 12.4. The van der Waals surface area contributed by atoms with E-state index >= 15 is 0 Å². The van der Waals surface area contributed by atoms with E-state index in [1.54, 1.807) is 16.0 Å². The van der Waals surface area contributed by atoms with Crippen LogP contribution in [0.3, 0.4) is 0 Å². The number of amides is 2. The summed E-state index contributed by atoms with van der Waals surface area (Å²) in [5, 5.41) is 0.139. The number of likely N-dealkylation sites (tertiary alicyclic amines) is 1. The summed E-state index contributed by atoms with van der Waals surface area (Å²) in [6, 6.07) is 0.0170. The Hall–Kier alpha value is -1.89. The average molecular weight is 353 g/mol. The summed E-state index contributed by atoms with van der Waals surface area (Å²) in [4.78, 5) is 36.1. The van der Waals surface area contributed by atoms with Crippen LogP contribution in [0.5, 0.6) is 0 Å². The third-order valence-electron chi connectivity index (χ3n) is 4.13. The number of ether oxygens (including phenoxy) is 1. The topological polar surface area (TPSA) is 75.6 Å². The van der Waals surface area contributed by atoms with Crippen molar-refractivity contribution in [2.45, 2.75) is 51.7 Å². The molecule has 8 heteroatoms. The lowest BCUT2D eigenvalue weighted by Gasteiger charge is -2.37. The van der Waals surface area contributed by atoms with Gasteiger partial charge < -0.3 is 9.64 Å². The summed E-state index contributed by atoms with van der Waals surface area (Å²) >= 11 is 5.87. The van der Waals surface area contributed by atoms with Gasteiger partial charge in [-0.2, -0.15) is 4.98 Å². The molecule has 0 aromatic carbocycles. The van der Waals surface area contributed by atoms with Crippen LogP contribution in [0.25, 0.3) is 0 Å². The normalized spacial score (nSPS) is 18.8. The van der Waals surface area contributed by atoms with Gasteiger partial charge in [0.15, 0.2) is 0 Å². The van der Waals surface area contributed by atoms with Crippen LogP contribution >= 0.6 is 11.6 Å². The molecule has 0 atom stereocenters. The van der Waals surface area contributed by atoms with E-state index in [0.29, 0.717) is 38.2 Å². The molecule has 2 amide bonds. The molecule has 0 spiro atoms. The predicted octanol–water partition coefficient (Wildman–Crippen LogP) is 2.42. The first kappa shape index (κ1) is 17.0. The smallest absolute Gasteiger partial charge is 0.410 e. The van der Waals surface area contributed by atoms with E-state index < -0.39 is 5.60 Å². The lowest BCUT2D eigenvalue weighted by Crippen LogP contribution is -2.49. The molecule has 0 N–H and O–H groups in total. The Labute approximate surface area is 145 Å². The van der Waals surface area contributed by atoms with Crippen LogP contribution in [0, 0.1) is 0 Å². The van der Waals surface area contributed by atoms with Crippen LogP contribution in [0.4, 0.5) is 10.6 Å². The SMILES string of the molecule is CC(C)(C)OC(=O)N1CCC(N2C(=O)Cc3cnc(Cl)nc32)CC1. The zero-order chi connectivity index (χ0) is 17.5. The minimum absolute atomic E-state index is 0.0114. The minimum Gasteiger partial charge on any atom is -0.444 e. The molecule has 3 rings (SSSR count). The fourth-order valence-corrected chi connectivity index (χ4v) is 3.22. The van der Waals surface area contributed by atoms with Gasteiger partial charge in [-0.15, -0.1) is 0 Å². The fraction of sp³-hybridized carbons (Fsp3) is 0.625. The highest BCUT2D eigenvalue weighted by atomic mass is 35.5. The molecule has 2 aliphatic rings. The molecule has 130 valence electrons. The highest BCUT2D eigenvalue weighted by Gasteiger charge is 2.37. The quantitative estimate of drug-likeness (QED) is 0.725. The second-order valence-corrected chi connectivity index (χ2v) is 7.47. The van der Waals surface area contributed by atoms with Crippen molar-refractivity contribution in [3.63, 3.8) is 0 Å². The minimum atomic E-state index is -0.508. The van der Waals surface area contributed by atoms with Crippen molar-refractivity contribution >= 4 is 29.4 Å². The number of rotatable bonds is 1. The van der Waals surface area contributed by atoms with Gasteiger partial charge in [0.25, 0.3) is 0 Å². The number of aromatic nitrogens is 2. The summed E-state index contributed by atoms with van der Waals surface area (Å²) in [7, 11) is 0. The predicted molar refractivity (Wildman–Crippen MR) is 89.1 cm³/mol. The number of nitrogens with zero attached hydrogens (tertiary/aromatic N) is 4. The molecular weight excluding hydrogens is 332 g/mol. The largest absolute Gasteiger partial charge is 0.444 e. The Kier molecular flexibility index (Phi) is 4.38. The van der Waals surface area contributed by atoms with Gasteiger partial charge in [0.05, 0.1) is 6.42 Å². The number of hydrogen-bond acceptors (Lipinski definition) is 5. The maximum absolute atomic E-state index is 12.4. The van der Waals surface area contributed by atoms with Gasteiger partial charge in [-0.05, 0) is 45.2 Å². The first-order valence-corrected chi connectivity index (χ1v) is 8.44. The lowest BCUT2D eigenvalue weighted by molar-refractivity contribution is -0.118. The van der Waals surface area contributed by atoms with E-state index in [4.69, 9.17) is 16.3 Å². The number of piperidine rings is 1. The molecule has 3 heterocycles. The van der Waals surface area contributed by atoms with Crippen molar-refractivity contribution in [3.05, 3.63) is 17.0 Å².